The first kappa shape index (κ1) is 13.9. The number of carbonyl (C=O) groups excluding carboxylic acids is 1. The van der Waals surface area contributed by atoms with Gasteiger partial charge in [-0.1, -0.05) is 12.8 Å². The number of hydrogen-bond donors (Lipinski definition) is 2. The second kappa shape index (κ2) is 5.21. The third-order valence-electron chi connectivity index (χ3n) is 3.39. The number of nitrogens with two attached hydrogens (primary N) is 1. The van der Waals surface area contributed by atoms with Crippen LogP contribution in [-0.2, 0) is 9.84 Å². The quantitative estimate of drug-likeness (QED) is 0.819. The molecule has 2 rings (SSSR count). The molecule has 0 heterocycles. The van der Waals surface area contributed by atoms with Gasteiger partial charge in [0.25, 0.3) is 5.91 Å². The molecule has 3 N–H and O–H groups in total. The van der Waals surface area contributed by atoms with Crippen LogP contribution in [0.15, 0.2) is 23.1 Å². The van der Waals surface area contributed by atoms with E-state index in [1.807, 2.05) is 0 Å². The van der Waals surface area contributed by atoms with E-state index >= 15 is 0 Å². The fraction of sp³-hybridized carbons (Fsp3) is 0.462. The van der Waals surface area contributed by atoms with Crippen molar-refractivity contribution in [2.75, 3.05) is 12.0 Å². The van der Waals surface area contributed by atoms with E-state index in [2.05, 4.69) is 5.32 Å². The van der Waals surface area contributed by atoms with Crippen molar-refractivity contribution in [1.29, 1.82) is 0 Å². The highest BCUT2D eigenvalue weighted by Crippen LogP contribution is 2.21. The Morgan fingerprint density at radius 2 is 1.95 bits per heavy atom. The molecule has 0 atom stereocenters. The highest BCUT2D eigenvalue weighted by Gasteiger charge is 2.20. The van der Waals surface area contributed by atoms with Gasteiger partial charge in [0, 0.05) is 18.0 Å². The molecule has 104 valence electrons. The number of sulfone groups is 1. The van der Waals surface area contributed by atoms with Crippen molar-refractivity contribution in [2.24, 2.45) is 0 Å². The molecule has 0 aliphatic heterocycles. The molecule has 19 heavy (non-hydrogen) atoms. The topological polar surface area (TPSA) is 89.3 Å². The van der Waals surface area contributed by atoms with E-state index in [0.717, 1.165) is 31.9 Å². The van der Waals surface area contributed by atoms with Gasteiger partial charge in [0.15, 0.2) is 9.84 Å². The molecule has 1 fully saturated rings. The zero-order chi connectivity index (χ0) is 14.0. The molecular formula is C13H18N2O3S. The summed E-state index contributed by atoms with van der Waals surface area (Å²) in [5, 5.41) is 2.93. The summed E-state index contributed by atoms with van der Waals surface area (Å²) in [5.41, 5.74) is 6.29. The molecule has 6 heteroatoms. The second-order valence-corrected chi connectivity index (χ2v) is 6.99. The second-order valence-electron chi connectivity index (χ2n) is 4.98. The van der Waals surface area contributed by atoms with E-state index in [1.165, 1.54) is 18.2 Å². The Morgan fingerprint density at radius 3 is 2.47 bits per heavy atom. The van der Waals surface area contributed by atoms with Crippen LogP contribution in [-0.4, -0.2) is 26.6 Å². The van der Waals surface area contributed by atoms with E-state index in [-0.39, 0.29) is 22.5 Å². The monoisotopic (exact) mass is 282 g/mol. The number of anilines is 1. The minimum absolute atomic E-state index is 0.127. The van der Waals surface area contributed by atoms with Crippen LogP contribution in [0.2, 0.25) is 0 Å². The predicted molar refractivity (Wildman–Crippen MR) is 73.7 cm³/mol. The Hall–Kier alpha value is -1.56. The zero-order valence-corrected chi connectivity index (χ0v) is 11.7. The van der Waals surface area contributed by atoms with E-state index in [9.17, 15) is 13.2 Å². The summed E-state index contributed by atoms with van der Waals surface area (Å²) in [5.74, 6) is -0.232. The van der Waals surface area contributed by atoms with Gasteiger partial charge < -0.3 is 11.1 Å². The van der Waals surface area contributed by atoms with Crippen LogP contribution >= 0.6 is 0 Å². The number of carbonyl (C=O) groups is 1. The summed E-state index contributed by atoms with van der Waals surface area (Å²) < 4.78 is 22.8. The van der Waals surface area contributed by atoms with Crippen LogP contribution in [0.5, 0.6) is 0 Å². The lowest BCUT2D eigenvalue weighted by Crippen LogP contribution is -2.33. The molecule has 0 radical (unpaired) electrons. The fourth-order valence-electron chi connectivity index (χ4n) is 2.31. The van der Waals surface area contributed by atoms with Crippen molar-refractivity contribution in [3.8, 4) is 0 Å². The summed E-state index contributed by atoms with van der Waals surface area (Å²) in [4.78, 5) is 12.2. The summed E-state index contributed by atoms with van der Waals surface area (Å²) in [7, 11) is -3.30. The van der Waals surface area contributed by atoms with Gasteiger partial charge in [0.05, 0.1) is 10.5 Å². The maximum Gasteiger partial charge on any atom is 0.253 e. The number of benzene rings is 1. The normalized spacial score (nSPS) is 16.5. The maximum absolute atomic E-state index is 12.0. The van der Waals surface area contributed by atoms with Crippen molar-refractivity contribution < 1.29 is 13.2 Å². The molecule has 1 amide bonds. The van der Waals surface area contributed by atoms with Crippen LogP contribution in [0.25, 0.3) is 0 Å². The van der Waals surface area contributed by atoms with Crippen molar-refractivity contribution in [3.63, 3.8) is 0 Å². The summed E-state index contributed by atoms with van der Waals surface area (Å²) in [6, 6.07) is 4.42. The number of nitrogen functional groups attached to an aromatic ring is 1. The lowest BCUT2D eigenvalue weighted by molar-refractivity contribution is 0.0938. The Morgan fingerprint density at radius 1 is 1.32 bits per heavy atom. The molecule has 0 spiro atoms. The molecule has 0 unspecified atom stereocenters. The Bertz CT molecular complexity index is 590. The highest BCUT2D eigenvalue weighted by atomic mass is 32.2. The Kier molecular flexibility index (Phi) is 3.80. The summed E-state index contributed by atoms with van der Waals surface area (Å²) in [6.07, 6.45) is 5.36. The van der Waals surface area contributed by atoms with Gasteiger partial charge in [0.1, 0.15) is 0 Å². The molecule has 1 saturated carbocycles. The van der Waals surface area contributed by atoms with Crippen LogP contribution in [0.1, 0.15) is 36.0 Å². The van der Waals surface area contributed by atoms with E-state index in [1.54, 1.807) is 0 Å². The standard InChI is InChI=1S/C13H18N2O3S/c1-19(17,18)10-6-7-11(12(14)8-10)13(16)15-9-4-2-3-5-9/h6-9H,2-5,14H2,1H3,(H,15,16). The number of nitrogens with one attached hydrogen (secondary N) is 1. The average molecular weight is 282 g/mol. The molecule has 0 saturated heterocycles. The van der Waals surface area contributed by atoms with Gasteiger partial charge in [-0.2, -0.15) is 0 Å². The first-order valence-corrected chi connectivity index (χ1v) is 8.17. The lowest BCUT2D eigenvalue weighted by atomic mass is 10.1. The van der Waals surface area contributed by atoms with Crippen molar-refractivity contribution in [1.82, 2.24) is 5.32 Å². The molecular weight excluding hydrogens is 264 g/mol. The third-order valence-corrected chi connectivity index (χ3v) is 4.50. The minimum Gasteiger partial charge on any atom is -0.398 e. The number of amides is 1. The molecule has 5 nitrogen and oxygen atoms in total. The van der Waals surface area contributed by atoms with E-state index in [0.29, 0.717) is 5.56 Å². The van der Waals surface area contributed by atoms with Gasteiger partial charge in [-0.3, -0.25) is 4.79 Å². The van der Waals surface area contributed by atoms with Gasteiger partial charge in [-0.15, -0.1) is 0 Å². The van der Waals surface area contributed by atoms with Gasteiger partial charge in [0.2, 0.25) is 0 Å². The predicted octanol–water partition coefficient (Wildman–Crippen LogP) is 1.34. The summed E-state index contributed by atoms with van der Waals surface area (Å²) >= 11 is 0. The minimum atomic E-state index is -3.30. The van der Waals surface area contributed by atoms with Crippen molar-refractivity contribution in [2.45, 2.75) is 36.6 Å². The highest BCUT2D eigenvalue weighted by molar-refractivity contribution is 7.90. The van der Waals surface area contributed by atoms with Crippen molar-refractivity contribution >= 4 is 21.4 Å². The van der Waals surface area contributed by atoms with Gasteiger partial charge >= 0.3 is 0 Å². The van der Waals surface area contributed by atoms with E-state index in [4.69, 9.17) is 5.73 Å². The SMILES string of the molecule is CS(=O)(=O)c1ccc(C(=O)NC2CCCC2)c(N)c1. The zero-order valence-electron chi connectivity index (χ0n) is 10.8. The molecule has 0 aromatic heterocycles. The summed E-state index contributed by atoms with van der Waals surface area (Å²) in [6.45, 7) is 0. The van der Waals surface area contributed by atoms with Crippen LogP contribution in [0, 0.1) is 0 Å². The maximum atomic E-state index is 12.0. The number of rotatable bonds is 3. The Labute approximate surface area is 113 Å². The molecule has 1 aliphatic rings. The first-order chi connectivity index (χ1) is 8.88. The van der Waals surface area contributed by atoms with Crippen molar-refractivity contribution in [3.05, 3.63) is 23.8 Å². The van der Waals surface area contributed by atoms with Crippen LogP contribution in [0.4, 0.5) is 5.69 Å². The number of hydrogen-bond acceptors (Lipinski definition) is 4. The van der Waals surface area contributed by atoms with Crippen LogP contribution < -0.4 is 11.1 Å². The lowest BCUT2D eigenvalue weighted by Gasteiger charge is -2.13. The van der Waals surface area contributed by atoms with Crippen LogP contribution in [0.3, 0.4) is 0 Å². The first-order valence-electron chi connectivity index (χ1n) is 6.28. The van der Waals surface area contributed by atoms with Gasteiger partial charge in [-0.05, 0) is 31.0 Å². The molecule has 1 aromatic rings. The largest absolute Gasteiger partial charge is 0.398 e. The molecule has 1 aromatic carbocycles. The molecule has 1 aliphatic carbocycles. The van der Waals surface area contributed by atoms with Gasteiger partial charge in [-0.25, -0.2) is 8.42 Å². The fourth-order valence-corrected chi connectivity index (χ4v) is 2.97. The Balaban J connectivity index is 2.18. The third kappa shape index (κ3) is 3.26. The molecule has 0 bridgehead atoms. The average Bonchev–Trinajstić information content (AvgIpc) is 2.80. The smallest absolute Gasteiger partial charge is 0.253 e. The van der Waals surface area contributed by atoms with E-state index < -0.39 is 9.84 Å².